The van der Waals surface area contributed by atoms with Gasteiger partial charge in [0.2, 0.25) is 0 Å². The van der Waals surface area contributed by atoms with Crippen molar-refractivity contribution < 1.29 is 4.74 Å². The second-order valence-corrected chi connectivity index (χ2v) is 6.02. The van der Waals surface area contributed by atoms with E-state index in [1.165, 1.54) is 6.42 Å². The third kappa shape index (κ3) is 11.9. The molecule has 0 aliphatic carbocycles. The van der Waals surface area contributed by atoms with Crippen molar-refractivity contribution in [3.8, 4) is 0 Å². The van der Waals surface area contributed by atoms with Gasteiger partial charge in [0.15, 0.2) is 0 Å². The Bertz CT molecular complexity index is 123. The maximum Gasteiger partial charge on any atom is 0.0599 e. The summed E-state index contributed by atoms with van der Waals surface area (Å²) in [6.07, 6.45) is 1.21. The highest BCUT2D eigenvalue weighted by molar-refractivity contribution is 4.63. The third-order valence-electron chi connectivity index (χ3n) is 1.87. The van der Waals surface area contributed by atoms with Crippen LogP contribution in [0.4, 0.5) is 0 Å². The smallest absolute Gasteiger partial charge is 0.0599 e. The van der Waals surface area contributed by atoms with Crippen molar-refractivity contribution in [3.05, 3.63) is 0 Å². The summed E-state index contributed by atoms with van der Waals surface area (Å²) in [5.41, 5.74) is 0.420. The van der Waals surface area contributed by atoms with Gasteiger partial charge in [0.1, 0.15) is 0 Å². The van der Waals surface area contributed by atoms with E-state index in [-0.39, 0.29) is 5.60 Å². The SMILES string of the molecule is CC(C)(C)CCNCCOC(C)(C)C. The lowest BCUT2D eigenvalue weighted by molar-refractivity contribution is -0.000907. The number of nitrogens with one attached hydrogen (secondary N) is 1. The fraction of sp³-hybridized carbons (Fsp3) is 1.00. The van der Waals surface area contributed by atoms with E-state index in [4.69, 9.17) is 4.74 Å². The molecule has 0 saturated carbocycles. The molecule has 0 heterocycles. The molecule has 1 N–H and O–H groups in total. The first kappa shape index (κ1) is 13.9. The summed E-state index contributed by atoms with van der Waals surface area (Å²) in [5.74, 6) is 0. The summed E-state index contributed by atoms with van der Waals surface area (Å²) in [5, 5.41) is 3.39. The van der Waals surface area contributed by atoms with Gasteiger partial charge in [0.05, 0.1) is 12.2 Å². The van der Waals surface area contributed by atoms with E-state index in [0.717, 1.165) is 19.7 Å². The van der Waals surface area contributed by atoms with Gasteiger partial charge in [-0.1, -0.05) is 20.8 Å². The zero-order chi connectivity index (χ0) is 11.2. The maximum absolute atomic E-state index is 5.60. The molecule has 2 heteroatoms. The maximum atomic E-state index is 5.60. The van der Waals surface area contributed by atoms with Crippen LogP contribution < -0.4 is 5.32 Å². The van der Waals surface area contributed by atoms with E-state index < -0.39 is 0 Å². The topological polar surface area (TPSA) is 21.3 Å². The van der Waals surface area contributed by atoms with Gasteiger partial charge in [-0.3, -0.25) is 0 Å². The van der Waals surface area contributed by atoms with Crippen LogP contribution >= 0.6 is 0 Å². The Morgan fingerprint density at radius 1 is 0.929 bits per heavy atom. The van der Waals surface area contributed by atoms with Crippen LogP contribution in [-0.4, -0.2) is 25.3 Å². The third-order valence-corrected chi connectivity index (χ3v) is 1.87. The lowest BCUT2D eigenvalue weighted by Crippen LogP contribution is -2.28. The predicted molar refractivity (Wildman–Crippen MR) is 62.6 cm³/mol. The van der Waals surface area contributed by atoms with Gasteiger partial charge in [-0.25, -0.2) is 0 Å². The van der Waals surface area contributed by atoms with E-state index >= 15 is 0 Å². The predicted octanol–water partition coefficient (Wildman–Crippen LogP) is 2.83. The molecule has 0 atom stereocenters. The van der Waals surface area contributed by atoms with E-state index in [2.05, 4.69) is 46.9 Å². The van der Waals surface area contributed by atoms with Gasteiger partial charge in [-0.05, 0) is 39.2 Å². The van der Waals surface area contributed by atoms with Crippen LogP contribution in [0, 0.1) is 5.41 Å². The van der Waals surface area contributed by atoms with Crippen LogP contribution in [0.25, 0.3) is 0 Å². The summed E-state index contributed by atoms with van der Waals surface area (Å²) in [4.78, 5) is 0. The Kier molecular flexibility index (Phi) is 5.68. The highest BCUT2D eigenvalue weighted by Crippen LogP contribution is 2.16. The molecular weight excluding hydrogens is 174 g/mol. The van der Waals surface area contributed by atoms with Crippen molar-refractivity contribution >= 4 is 0 Å². The van der Waals surface area contributed by atoms with Crippen LogP contribution in [0.15, 0.2) is 0 Å². The Balaban J connectivity index is 3.23. The van der Waals surface area contributed by atoms with Gasteiger partial charge in [-0.15, -0.1) is 0 Å². The Labute approximate surface area is 89.4 Å². The molecule has 2 nitrogen and oxygen atoms in total. The number of hydrogen-bond donors (Lipinski definition) is 1. The summed E-state index contributed by atoms with van der Waals surface area (Å²) in [6.45, 7) is 15.9. The minimum Gasteiger partial charge on any atom is -0.375 e. The van der Waals surface area contributed by atoms with Crippen molar-refractivity contribution in [1.82, 2.24) is 5.32 Å². The van der Waals surface area contributed by atoms with Gasteiger partial charge in [0, 0.05) is 6.54 Å². The zero-order valence-electron chi connectivity index (χ0n) is 10.7. The minimum absolute atomic E-state index is 0.00823. The van der Waals surface area contributed by atoms with Crippen LogP contribution in [-0.2, 0) is 4.74 Å². The van der Waals surface area contributed by atoms with Crippen molar-refractivity contribution in [2.75, 3.05) is 19.7 Å². The highest BCUT2D eigenvalue weighted by atomic mass is 16.5. The van der Waals surface area contributed by atoms with Crippen molar-refractivity contribution in [1.29, 1.82) is 0 Å². The molecule has 0 aromatic heterocycles. The number of rotatable bonds is 5. The molecule has 0 fully saturated rings. The second-order valence-electron chi connectivity index (χ2n) is 6.02. The Morgan fingerprint density at radius 2 is 1.50 bits per heavy atom. The van der Waals surface area contributed by atoms with Crippen molar-refractivity contribution in [2.45, 2.75) is 53.6 Å². The largest absolute Gasteiger partial charge is 0.375 e. The van der Waals surface area contributed by atoms with Gasteiger partial charge in [0.25, 0.3) is 0 Å². The highest BCUT2D eigenvalue weighted by Gasteiger charge is 2.10. The summed E-state index contributed by atoms with van der Waals surface area (Å²) >= 11 is 0. The van der Waals surface area contributed by atoms with Gasteiger partial charge >= 0.3 is 0 Å². The molecule has 0 radical (unpaired) electrons. The molecule has 0 aliphatic rings. The van der Waals surface area contributed by atoms with Gasteiger partial charge < -0.3 is 10.1 Å². The van der Waals surface area contributed by atoms with Gasteiger partial charge in [-0.2, -0.15) is 0 Å². The van der Waals surface area contributed by atoms with Crippen LogP contribution in [0.2, 0.25) is 0 Å². The minimum atomic E-state index is -0.00823. The van der Waals surface area contributed by atoms with Crippen molar-refractivity contribution in [3.63, 3.8) is 0 Å². The first-order chi connectivity index (χ1) is 6.21. The normalized spacial score (nSPS) is 13.3. The lowest BCUT2D eigenvalue weighted by atomic mass is 9.92. The second kappa shape index (κ2) is 5.72. The summed E-state index contributed by atoms with van der Waals surface area (Å²) in [7, 11) is 0. The molecule has 0 spiro atoms. The first-order valence-electron chi connectivity index (χ1n) is 5.55. The van der Waals surface area contributed by atoms with E-state index in [1.807, 2.05) is 0 Å². The quantitative estimate of drug-likeness (QED) is 0.691. The van der Waals surface area contributed by atoms with Crippen molar-refractivity contribution in [2.24, 2.45) is 5.41 Å². The first-order valence-corrected chi connectivity index (χ1v) is 5.55. The molecule has 0 aliphatic heterocycles. The number of hydrogen-bond acceptors (Lipinski definition) is 2. The monoisotopic (exact) mass is 201 g/mol. The molecule has 0 rings (SSSR count). The van der Waals surface area contributed by atoms with E-state index in [9.17, 15) is 0 Å². The Hall–Kier alpha value is -0.0800. The summed E-state index contributed by atoms with van der Waals surface area (Å²) in [6, 6.07) is 0. The average Bonchev–Trinajstić information content (AvgIpc) is 1.92. The van der Waals surface area contributed by atoms with E-state index in [0.29, 0.717) is 5.41 Å². The fourth-order valence-corrected chi connectivity index (χ4v) is 1.02. The molecule has 86 valence electrons. The van der Waals surface area contributed by atoms with Crippen LogP contribution in [0.5, 0.6) is 0 Å². The lowest BCUT2D eigenvalue weighted by Gasteiger charge is -2.21. The van der Waals surface area contributed by atoms with Crippen LogP contribution in [0.1, 0.15) is 48.0 Å². The molecule has 14 heavy (non-hydrogen) atoms. The molecule has 0 saturated heterocycles. The molecule has 0 unspecified atom stereocenters. The molecule has 0 aromatic rings. The molecule has 0 amide bonds. The molecular formula is C12H27NO. The molecule has 0 aromatic carbocycles. The number of ether oxygens (including phenoxy) is 1. The zero-order valence-corrected chi connectivity index (χ0v) is 10.7. The molecule has 0 bridgehead atoms. The fourth-order valence-electron chi connectivity index (χ4n) is 1.02. The standard InChI is InChI=1S/C12H27NO/c1-11(2,3)7-8-13-9-10-14-12(4,5)6/h13H,7-10H2,1-6H3. The average molecular weight is 201 g/mol. The Morgan fingerprint density at radius 3 is 1.93 bits per heavy atom. The summed E-state index contributed by atoms with van der Waals surface area (Å²) < 4.78 is 5.60. The van der Waals surface area contributed by atoms with Crippen LogP contribution in [0.3, 0.4) is 0 Å². The van der Waals surface area contributed by atoms with E-state index in [1.54, 1.807) is 0 Å².